The predicted octanol–water partition coefficient (Wildman–Crippen LogP) is 8.52. The van der Waals surface area contributed by atoms with Gasteiger partial charge in [0.05, 0.1) is 25.8 Å². The fraction of sp³-hybridized carbons (Fsp3) is 0.429. The van der Waals surface area contributed by atoms with Crippen molar-refractivity contribution < 1.29 is 14.3 Å². The molecule has 0 spiro atoms. The van der Waals surface area contributed by atoms with Gasteiger partial charge in [-0.25, -0.2) is 0 Å². The first-order valence-corrected chi connectivity index (χ1v) is 19.9. The molecular weight excluding hydrogens is 676 g/mol. The molecule has 1 aromatic heterocycles. The Morgan fingerprint density at radius 2 is 1.86 bits per heavy atom. The second-order valence-electron chi connectivity index (χ2n) is 14.1. The van der Waals surface area contributed by atoms with Gasteiger partial charge in [-0.3, -0.25) is 14.7 Å². The monoisotopic (exact) mass is 724 g/mol. The van der Waals surface area contributed by atoms with E-state index < -0.39 is 0 Å². The number of fused-ring (bicyclic) bond motifs is 6. The second-order valence-corrected chi connectivity index (χ2v) is 15.8. The molecule has 0 saturated carbocycles. The number of nitrogens with one attached hydrogen (secondary N) is 1. The number of ether oxygens (including phenoxy) is 2. The fourth-order valence-corrected chi connectivity index (χ4v) is 9.54. The molecule has 3 aliphatic rings. The number of hydrogen-bond acceptors (Lipinski definition) is 7. The van der Waals surface area contributed by atoms with Gasteiger partial charge < -0.3 is 20.5 Å². The Kier molecular flexibility index (Phi) is 11.4. The third-order valence-electron chi connectivity index (χ3n) is 10.8. The van der Waals surface area contributed by atoms with Crippen LogP contribution in [0.5, 0.6) is 11.5 Å². The van der Waals surface area contributed by atoms with E-state index in [-0.39, 0.29) is 11.9 Å². The number of nitrogens with zero attached hydrogens (tertiary/aromatic N) is 2. The molecule has 4 aromatic rings. The number of rotatable bonds is 14. The molecule has 0 fully saturated rings. The van der Waals surface area contributed by atoms with Crippen molar-refractivity contribution in [2.75, 3.05) is 51.1 Å². The van der Waals surface area contributed by atoms with Gasteiger partial charge in [0.1, 0.15) is 0 Å². The number of aromatic nitrogens is 1. The van der Waals surface area contributed by atoms with Gasteiger partial charge >= 0.3 is 0 Å². The van der Waals surface area contributed by atoms with Crippen molar-refractivity contribution in [3.8, 4) is 11.5 Å². The molecule has 3 N–H and O–H groups in total. The molecule has 2 heterocycles. The van der Waals surface area contributed by atoms with Crippen molar-refractivity contribution in [3.63, 3.8) is 0 Å². The molecule has 1 unspecified atom stereocenters. The van der Waals surface area contributed by atoms with Crippen LogP contribution in [0.3, 0.4) is 0 Å². The zero-order valence-electron chi connectivity index (χ0n) is 29.8. The lowest BCUT2D eigenvalue weighted by molar-refractivity contribution is -0.120. The summed E-state index contributed by atoms with van der Waals surface area (Å²) in [5.41, 5.74) is 16.3. The van der Waals surface area contributed by atoms with Crippen molar-refractivity contribution in [1.82, 2.24) is 15.2 Å². The number of nitrogen functional groups attached to an aromatic ring is 1. The van der Waals surface area contributed by atoms with E-state index in [1.54, 1.807) is 14.2 Å². The van der Waals surface area contributed by atoms with Gasteiger partial charge in [-0.15, -0.1) is 0 Å². The smallest absolute Gasteiger partial charge is 0.220 e. The van der Waals surface area contributed by atoms with Crippen LogP contribution in [0.15, 0.2) is 72.3 Å². The normalized spacial score (nSPS) is 19.6. The summed E-state index contributed by atoms with van der Waals surface area (Å²) in [7, 11) is 3.40. The van der Waals surface area contributed by atoms with Crippen molar-refractivity contribution in [3.05, 3.63) is 105 Å². The highest BCUT2D eigenvalue weighted by Crippen LogP contribution is 2.47. The summed E-state index contributed by atoms with van der Waals surface area (Å²) in [5, 5.41) is 4.86. The number of amides is 1. The number of halogens is 1. The molecular formula is C42H49ClN4O3S. The van der Waals surface area contributed by atoms with E-state index in [4.69, 9.17) is 31.8 Å². The quantitative estimate of drug-likeness (QED) is 0.0996. The number of benzene rings is 3. The van der Waals surface area contributed by atoms with E-state index in [0.717, 1.165) is 110 Å². The second kappa shape index (κ2) is 16.3. The molecule has 2 bridgehead atoms. The van der Waals surface area contributed by atoms with Crippen LogP contribution in [-0.2, 0) is 17.6 Å². The van der Waals surface area contributed by atoms with Gasteiger partial charge in [0.25, 0.3) is 0 Å². The largest absolute Gasteiger partial charge is 0.493 e. The first-order chi connectivity index (χ1) is 24.9. The van der Waals surface area contributed by atoms with Crippen LogP contribution in [-0.4, -0.2) is 61.2 Å². The first-order valence-electron chi connectivity index (χ1n) is 18.4. The third-order valence-corrected chi connectivity index (χ3v) is 12.1. The standard InChI is InChI=1S/C42H49ClN4O3S/c1-49-37-24-30-13-17-47(42(29-9-4-3-5-10-29)34(30)26-38(37)50-2)16-7-18-51-19-14-39(48)45-15-6-8-27-20-28-22-31(21-27)40-36(23-28)46-35-25-32(43)11-12-33(35)41(40)44/h3-5,9-12,20,24-26,28,31,42H,6-8,13-19,21-23H2,1-2H3,(H2,44,46)(H,45,48)/t28-,31-,42?/m0/s1. The molecule has 9 heteroatoms. The first kappa shape index (κ1) is 35.7. The minimum Gasteiger partial charge on any atom is -0.493 e. The Bertz CT molecular complexity index is 1900. The number of carbonyl (C=O) groups excluding carboxylic acids is 1. The van der Waals surface area contributed by atoms with Gasteiger partial charge in [0.15, 0.2) is 11.5 Å². The van der Waals surface area contributed by atoms with Gasteiger partial charge in [-0.1, -0.05) is 53.6 Å². The highest BCUT2D eigenvalue weighted by atomic mass is 35.5. The average molecular weight is 725 g/mol. The van der Waals surface area contributed by atoms with Crippen LogP contribution in [0, 0.1) is 5.92 Å². The zero-order valence-corrected chi connectivity index (χ0v) is 31.3. The minimum atomic E-state index is 0.151. The highest BCUT2D eigenvalue weighted by molar-refractivity contribution is 7.99. The van der Waals surface area contributed by atoms with Gasteiger partial charge in [0, 0.05) is 52.6 Å². The number of methoxy groups -OCH3 is 2. The number of anilines is 1. The van der Waals surface area contributed by atoms with Crippen LogP contribution in [0.2, 0.25) is 5.02 Å². The summed E-state index contributed by atoms with van der Waals surface area (Å²) < 4.78 is 11.3. The number of thioether (sulfide) groups is 1. The Morgan fingerprint density at radius 3 is 2.69 bits per heavy atom. The average Bonchev–Trinajstić information content (AvgIpc) is 3.14. The fourth-order valence-electron chi connectivity index (χ4n) is 8.51. The molecule has 7 rings (SSSR count). The predicted molar refractivity (Wildman–Crippen MR) is 210 cm³/mol. The lowest BCUT2D eigenvalue weighted by Crippen LogP contribution is -2.37. The van der Waals surface area contributed by atoms with Crippen LogP contribution < -0.4 is 20.5 Å². The van der Waals surface area contributed by atoms with Crippen molar-refractivity contribution in [1.29, 1.82) is 0 Å². The van der Waals surface area contributed by atoms with Gasteiger partial charge in [-0.05, 0) is 116 Å². The van der Waals surface area contributed by atoms with Crippen LogP contribution in [0.1, 0.15) is 78.4 Å². The molecule has 1 aliphatic heterocycles. The maximum atomic E-state index is 12.7. The zero-order chi connectivity index (χ0) is 35.3. The molecule has 7 nitrogen and oxygen atoms in total. The summed E-state index contributed by atoms with van der Waals surface area (Å²) in [6.07, 6.45) is 10.2. The Morgan fingerprint density at radius 1 is 1.04 bits per heavy atom. The van der Waals surface area contributed by atoms with E-state index in [2.05, 4.69) is 58.8 Å². The van der Waals surface area contributed by atoms with Gasteiger partial charge in [0.2, 0.25) is 5.91 Å². The topological polar surface area (TPSA) is 89.7 Å². The molecule has 3 aromatic carbocycles. The summed E-state index contributed by atoms with van der Waals surface area (Å²) >= 11 is 8.11. The Labute approximate surface area is 311 Å². The number of carbonyl (C=O) groups is 1. The van der Waals surface area contributed by atoms with Crippen LogP contribution in [0.25, 0.3) is 10.9 Å². The number of nitrogens with two attached hydrogens (primary N) is 1. The number of allylic oxidation sites excluding steroid dienone is 2. The summed E-state index contributed by atoms with van der Waals surface area (Å²) in [4.78, 5) is 20.2. The molecule has 1 amide bonds. The Hall–Kier alpha value is -3.72. The maximum Gasteiger partial charge on any atom is 0.220 e. The number of hydrogen-bond donors (Lipinski definition) is 2. The lowest BCUT2D eigenvalue weighted by Gasteiger charge is -2.38. The molecule has 2 aliphatic carbocycles. The SMILES string of the molecule is COc1cc2c(cc1OC)C(c1ccccc1)N(CCCSCCC(=O)NCCCC1=C[C@@H]3Cc4nc5cc(Cl)ccc5c(N)c4[C@@H](C1)C3)CC2. The van der Waals surface area contributed by atoms with E-state index >= 15 is 0 Å². The summed E-state index contributed by atoms with van der Waals surface area (Å²) in [6.45, 7) is 2.72. The minimum absolute atomic E-state index is 0.151. The van der Waals surface area contributed by atoms with E-state index in [0.29, 0.717) is 23.3 Å². The van der Waals surface area contributed by atoms with Crippen LogP contribution in [0.4, 0.5) is 5.69 Å². The molecule has 51 heavy (non-hydrogen) atoms. The summed E-state index contributed by atoms with van der Waals surface area (Å²) in [5.74, 6) is 4.52. The van der Waals surface area contributed by atoms with Crippen LogP contribution >= 0.6 is 23.4 Å². The number of pyridine rings is 1. The van der Waals surface area contributed by atoms with Crippen molar-refractivity contribution in [2.45, 2.75) is 63.3 Å². The van der Waals surface area contributed by atoms with E-state index in [9.17, 15) is 4.79 Å². The van der Waals surface area contributed by atoms with E-state index in [1.807, 2.05) is 30.0 Å². The third kappa shape index (κ3) is 8.03. The van der Waals surface area contributed by atoms with Gasteiger partial charge in [-0.2, -0.15) is 11.8 Å². The molecule has 3 atom stereocenters. The lowest BCUT2D eigenvalue weighted by atomic mass is 9.70. The summed E-state index contributed by atoms with van der Waals surface area (Å²) in [6, 6.07) is 21.1. The maximum absolute atomic E-state index is 12.7. The molecule has 0 saturated heterocycles. The van der Waals surface area contributed by atoms with E-state index in [1.165, 1.54) is 27.8 Å². The van der Waals surface area contributed by atoms with Crippen molar-refractivity contribution in [2.24, 2.45) is 5.92 Å². The highest BCUT2D eigenvalue weighted by Gasteiger charge is 2.34. The molecule has 268 valence electrons. The molecule has 0 radical (unpaired) electrons. The van der Waals surface area contributed by atoms with Crippen molar-refractivity contribution >= 4 is 45.9 Å². The Balaban J connectivity index is 0.830.